The van der Waals surface area contributed by atoms with Crippen molar-refractivity contribution in [1.82, 2.24) is 9.97 Å². The fraction of sp³-hybridized carbons (Fsp3) is 0.167. The van der Waals surface area contributed by atoms with E-state index in [1.54, 1.807) is 18.0 Å². The topological polar surface area (TPSA) is 25.8 Å². The first kappa shape index (κ1) is 12.7. The van der Waals surface area contributed by atoms with Gasteiger partial charge in [-0.05, 0) is 30.3 Å². The van der Waals surface area contributed by atoms with Crippen LogP contribution < -0.4 is 0 Å². The molecule has 2 nitrogen and oxygen atoms in total. The Morgan fingerprint density at radius 1 is 1.12 bits per heavy atom. The maximum Gasteiger partial charge on any atom is 0.138 e. The van der Waals surface area contributed by atoms with Crippen LogP contribution in [0.15, 0.2) is 41.4 Å². The molecule has 1 aromatic heterocycles. The molecule has 0 fully saturated rings. The molecule has 2 aromatic rings. The van der Waals surface area contributed by atoms with Crippen LogP contribution in [0.1, 0.15) is 11.5 Å². The van der Waals surface area contributed by atoms with Crippen LogP contribution in [0, 0.1) is 0 Å². The molecule has 0 unspecified atom stereocenters. The van der Waals surface area contributed by atoms with Crippen molar-refractivity contribution in [3.05, 3.63) is 53.1 Å². The Balaban J connectivity index is 1.99. The molecule has 1 heterocycles. The average Bonchev–Trinajstić information content (AvgIpc) is 2.38. The van der Waals surface area contributed by atoms with Crippen LogP contribution in [0.3, 0.4) is 0 Å². The molecule has 17 heavy (non-hydrogen) atoms. The van der Waals surface area contributed by atoms with Crippen molar-refractivity contribution < 1.29 is 0 Å². The summed E-state index contributed by atoms with van der Waals surface area (Å²) in [5, 5.41) is 0.745. The van der Waals surface area contributed by atoms with Crippen LogP contribution in [-0.2, 0) is 11.6 Å². The van der Waals surface area contributed by atoms with Gasteiger partial charge in [-0.1, -0.05) is 11.6 Å². The molecule has 0 bridgehead atoms. The maximum absolute atomic E-state index is 5.82. The lowest BCUT2D eigenvalue weighted by Crippen LogP contribution is -1.95. The minimum absolute atomic E-state index is 0.418. The second-order valence-corrected chi connectivity index (χ2v) is 5.09. The molecule has 88 valence electrons. The van der Waals surface area contributed by atoms with Crippen LogP contribution in [0.2, 0.25) is 5.02 Å². The van der Waals surface area contributed by atoms with Crippen molar-refractivity contribution in [2.24, 2.45) is 0 Å². The van der Waals surface area contributed by atoms with Gasteiger partial charge in [0.25, 0.3) is 0 Å². The normalized spacial score (nSPS) is 10.5. The number of halogens is 2. The number of aromatic nitrogens is 2. The maximum atomic E-state index is 5.82. The predicted octanol–water partition coefficient (Wildman–Crippen LogP) is 4.16. The minimum atomic E-state index is 0.418. The van der Waals surface area contributed by atoms with Crippen molar-refractivity contribution >= 4 is 35.0 Å². The van der Waals surface area contributed by atoms with Gasteiger partial charge in [-0.3, -0.25) is 0 Å². The Morgan fingerprint density at radius 3 is 2.59 bits per heavy atom. The van der Waals surface area contributed by atoms with Crippen LogP contribution in [0.5, 0.6) is 0 Å². The van der Waals surface area contributed by atoms with Crippen LogP contribution in [-0.4, -0.2) is 9.97 Å². The van der Waals surface area contributed by atoms with Gasteiger partial charge >= 0.3 is 0 Å². The zero-order chi connectivity index (χ0) is 12.1. The minimum Gasteiger partial charge on any atom is -0.240 e. The molecular weight excluding hydrogens is 275 g/mol. The van der Waals surface area contributed by atoms with E-state index in [4.69, 9.17) is 23.2 Å². The lowest BCUT2D eigenvalue weighted by atomic mass is 10.4. The predicted molar refractivity (Wildman–Crippen MR) is 72.6 cm³/mol. The molecular formula is C12H10Cl2N2S. The Labute approximate surface area is 114 Å². The summed E-state index contributed by atoms with van der Waals surface area (Å²) in [6.07, 6.45) is 1.74. The van der Waals surface area contributed by atoms with Gasteiger partial charge in [-0.2, -0.15) is 0 Å². The largest absolute Gasteiger partial charge is 0.240 e. The number of nitrogens with zero attached hydrogens (tertiary/aromatic N) is 2. The van der Waals surface area contributed by atoms with E-state index in [9.17, 15) is 0 Å². The van der Waals surface area contributed by atoms with E-state index in [0.717, 1.165) is 27.2 Å². The lowest BCUT2D eigenvalue weighted by Gasteiger charge is -2.02. The molecule has 0 saturated heterocycles. The third-order valence-electron chi connectivity index (χ3n) is 2.08. The van der Waals surface area contributed by atoms with Gasteiger partial charge < -0.3 is 0 Å². The molecule has 0 N–H and O–H groups in total. The van der Waals surface area contributed by atoms with Gasteiger partial charge in [-0.25, -0.2) is 9.97 Å². The molecule has 0 amide bonds. The molecule has 0 radical (unpaired) electrons. The smallest absolute Gasteiger partial charge is 0.138 e. The summed E-state index contributed by atoms with van der Waals surface area (Å²) < 4.78 is 0. The first-order valence-electron chi connectivity index (χ1n) is 5.03. The summed E-state index contributed by atoms with van der Waals surface area (Å²) in [6, 6.07) is 9.54. The van der Waals surface area contributed by atoms with Crippen molar-refractivity contribution in [3.8, 4) is 0 Å². The molecule has 0 aliphatic rings. The lowest BCUT2D eigenvalue weighted by molar-refractivity contribution is 0.986. The second-order valence-electron chi connectivity index (χ2n) is 3.34. The van der Waals surface area contributed by atoms with Gasteiger partial charge in [0.1, 0.15) is 5.82 Å². The summed E-state index contributed by atoms with van der Waals surface area (Å²) in [7, 11) is 0. The Bertz CT molecular complexity index is 488. The quantitative estimate of drug-likeness (QED) is 0.623. The molecule has 5 heteroatoms. The molecule has 0 spiro atoms. The highest BCUT2D eigenvalue weighted by atomic mass is 35.5. The number of benzene rings is 1. The van der Waals surface area contributed by atoms with E-state index in [0.29, 0.717) is 5.88 Å². The van der Waals surface area contributed by atoms with Gasteiger partial charge in [0, 0.05) is 16.1 Å². The van der Waals surface area contributed by atoms with Gasteiger partial charge in [0.2, 0.25) is 0 Å². The fourth-order valence-corrected chi connectivity index (χ4v) is 2.30. The monoisotopic (exact) mass is 284 g/mol. The molecule has 0 atom stereocenters. The molecule has 0 saturated carbocycles. The molecule has 2 rings (SSSR count). The first-order valence-corrected chi connectivity index (χ1v) is 6.93. The highest BCUT2D eigenvalue weighted by Crippen LogP contribution is 2.22. The summed E-state index contributed by atoms with van der Waals surface area (Å²) in [4.78, 5) is 9.68. The molecule has 0 aliphatic heterocycles. The van der Waals surface area contributed by atoms with E-state index in [-0.39, 0.29) is 0 Å². The van der Waals surface area contributed by atoms with Crippen LogP contribution in [0.4, 0.5) is 0 Å². The summed E-state index contributed by atoms with van der Waals surface area (Å²) in [5.41, 5.74) is 0.855. The van der Waals surface area contributed by atoms with Crippen molar-refractivity contribution in [2.45, 2.75) is 16.5 Å². The summed E-state index contributed by atoms with van der Waals surface area (Å²) in [6.45, 7) is 0. The van der Waals surface area contributed by atoms with Gasteiger partial charge in [-0.15, -0.1) is 23.4 Å². The summed E-state index contributed by atoms with van der Waals surface area (Å²) >= 11 is 13.2. The number of hydrogen-bond donors (Lipinski definition) is 0. The second kappa shape index (κ2) is 6.24. The van der Waals surface area contributed by atoms with E-state index in [2.05, 4.69) is 9.97 Å². The van der Waals surface area contributed by atoms with E-state index in [1.807, 2.05) is 30.3 Å². The van der Waals surface area contributed by atoms with Crippen molar-refractivity contribution in [3.63, 3.8) is 0 Å². The molecule has 1 aromatic carbocycles. The first-order chi connectivity index (χ1) is 8.28. The number of hydrogen-bond acceptors (Lipinski definition) is 3. The van der Waals surface area contributed by atoms with Crippen LogP contribution in [0.25, 0.3) is 0 Å². The Morgan fingerprint density at radius 2 is 1.88 bits per heavy atom. The van der Waals surface area contributed by atoms with E-state index < -0.39 is 0 Å². The van der Waals surface area contributed by atoms with Gasteiger partial charge in [0.15, 0.2) is 0 Å². The zero-order valence-corrected chi connectivity index (χ0v) is 11.3. The Kier molecular flexibility index (Phi) is 4.66. The highest BCUT2D eigenvalue weighted by molar-refractivity contribution is 7.98. The number of thioether (sulfide) groups is 1. The standard InChI is InChI=1S/C12H10Cl2N2S/c13-7-10-5-6-15-12(16-10)8-17-11-3-1-9(14)2-4-11/h1-6H,7-8H2. The Hall–Kier alpha value is -0.770. The van der Waals surface area contributed by atoms with Crippen molar-refractivity contribution in [2.75, 3.05) is 0 Å². The van der Waals surface area contributed by atoms with E-state index >= 15 is 0 Å². The summed E-state index contributed by atoms with van der Waals surface area (Å²) in [5.74, 6) is 1.94. The number of rotatable bonds is 4. The van der Waals surface area contributed by atoms with Crippen LogP contribution >= 0.6 is 35.0 Å². The highest BCUT2D eigenvalue weighted by Gasteiger charge is 2.00. The van der Waals surface area contributed by atoms with E-state index in [1.165, 1.54) is 0 Å². The van der Waals surface area contributed by atoms with Crippen molar-refractivity contribution in [1.29, 1.82) is 0 Å². The third kappa shape index (κ3) is 3.87. The fourth-order valence-electron chi connectivity index (χ4n) is 1.26. The van der Waals surface area contributed by atoms with Gasteiger partial charge in [0.05, 0.1) is 17.3 Å². The average molecular weight is 285 g/mol. The number of alkyl halides is 1. The SMILES string of the molecule is ClCc1ccnc(CSc2ccc(Cl)cc2)n1. The molecule has 0 aliphatic carbocycles. The zero-order valence-electron chi connectivity index (χ0n) is 8.94. The third-order valence-corrected chi connectivity index (χ3v) is 3.62.